The van der Waals surface area contributed by atoms with Crippen molar-refractivity contribution >= 4 is 34.7 Å². The van der Waals surface area contributed by atoms with Crippen LogP contribution in [0.2, 0.25) is 5.02 Å². The van der Waals surface area contributed by atoms with Gasteiger partial charge in [-0.25, -0.2) is 9.97 Å². The molecule has 0 aromatic carbocycles. The minimum atomic E-state index is 0.392. The zero-order valence-corrected chi connectivity index (χ0v) is 10.7. The Morgan fingerprint density at radius 1 is 1.56 bits per heavy atom. The molecular formula is C10H6ClN3S2. The fourth-order valence-corrected chi connectivity index (χ4v) is 3.08. The SMILES string of the molecule is Cc1csc(Sc2nccc(C#N)c2Cl)n1. The van der Waals surface area contributed by atoms with Crippen molar-refractivity contribution in [2.45, 2.75) is 16.3 Å². The second kappa shape index (κ2) is 4.83. The van der Waals surface area contributed by atoms with Gasteiger partial charge in [-0.05, 0) is 24.8 Å². The Bertz CT molecular complexity index is 559. The predicted molar refractivity (Wildman–Crippen MR) is 64.9 cm³/mol. The van der Waals surface area contributed by atoms with Crippen molar-refractivity contribution in [2.24, 2.45) is 0 Å². The van der Waals surface area contributed by atoms with Crippen LogP contribution in [0, 0.1) is 18.3 Å². The number of hydrogen-bond donors (Lipinski definition) is 0. The molecule has 2 heterocycles. The van der Waals surface area contributed by atoms with Crippen LogP contribution >= 0.6 is 34.7 Å². The van der Waals surface area contributed by atoms with Gasteiger partial charge in [-0.3, -0.25) is 0 Å². The first-order chi connectivity index (χ1) is 7.70. The van der Waals surface area contributed by atoms with Gasteiger partial charge in [0.1, 0.15) is 11.1 Å². The van der Waals surface area contributed by atoms with E-state index in [1.54, 1.807) is 12.3 Å². The first-order valence-corrected chi connectivity index (χ1v) is 6.42. The number of nitrogens with zero attached hydrogens (tertiary/aromatic N) is 3. The molecule has 0 aliphatic carbocycles. The molecule has 2 aromatic heterocycles. The molecule has 0 fully saturated rings. The van der Waals surface area contributed by atoms with Gasteiger partial charge in [0.2, 0.25) is 0 Å². The van der Waals surface area contributed by atoms with Gasteiger partial charge >= 0.3 is 0 Å². The molecule has 16 heavy (non-hydrogen) atoms. The summed E-state index contributed by atoms with van der Waals surface area (Å²) in [6.45, 7) is 1.93. The Morgan fingerprint density at radius 3 is 3.00 bits per heavy atom. The van der Waals surface area contributed by atoms with Crippen molar-refractivity contribution in [3.63, 3.8) is 0 Å². The average Bonchev–Trinajstić information content (AvgIpc) is 2.67. The van der Waals surface area contributed by atoms with Crippen LogP contribution in [0.5, 0.6) is 0 Å². The Balaban J connectivity index is 2.32. The van der Waals surface area contributed by atoms with Gasteiger partial charge in [0, 0.05) is 17.3 Å². The van der Waals surface area contributed by atoms with Crippen molar-refractivity contribution in [3.8, 4) is 6.07 Å². The van der Waals surface area contributed by atoms with E-state index >= 15 is 0 Å². The molecule has 2 rings (SSSR count). The topological polar surface area (TPSA) is 49.6 Å². The van der Waals surface area contributed by atoms with Gasteiger partial charge in [0.25, 0.3) is 0 Å². The lowest BCUT2D eigenvalue weighted by Gasteiger charge is -2.00. The molecule has 2 aromatic rings. The fraction of sp³-hybridized carbons (Fsp3) is 0.100. The van der Waals surface area contributed by atoms with E-state index in [0.29, 0.717) is 15.6 Å². The lowest BCUT2D eigenvalue weighted by Crippen LogP contribution is -1.85. The van der Waals surface area contributed by atoms with Gasteiger partial charge in [0.15, 0.2) is 4.34 Å². The van der Waals surface area contributed by atoms with Crippen LogP contribution < -0.4 is 0 Å². The highest BCUT2D eigenvalue weighted by atomic mass is 35.5. The Labute approximate surface area is 106 Å². The monoisotopic (exact) mass is 267 g/mol. The van der Waals surface area contributed by atoms with Crippen LogP contribution in [0.4, 0.5) is 0 Å². The third-order valence-electron chi connectivity index (χ3n) is 1.76. The Hall–Kier alpha value is -1.09. The molecule has 3 nitrogen and oxygen atoms in total. The zero-order chi connectivity index (χ0) is 11.5. The molecule has 6 heteroatoms. The summed E-state index contributed by atoms with van der Waals surface area (Å²) < 4.78 is 0.877. The summed E-state index contributed by atoms with van der Waals surface area (Å²) in [5.74, 6) is 0. The van der Waals surface area contributed by atoms with Crippen molar-refractivity contribution in [1.82, 2.24) is 9.97 Å². The van der Waals surface area contributed by atoms with Crippen LogP contribution in [0.15, 0.2) is 27.0 Å². The third kappa shape index (κ3) is 2.35. The largest absolute Gasteiger partial charge is 0.248 e. The molecule has 0 radical (unpaired) electrons. The maximum atomic E-state index is 8.83. The Kier molecular flexibility index (Phi) is 3.44. The normalized spacial score (nSPS) is 10.1. The molecule has 0 bridgehead atoms. The number of halogens is 1. The molecule has 80 valence electrons. The smallest absolute Gasteiger partial charge is 0.156 e. The van der Waals surface area contributed by atoms with E-state index in [9.17, 15) is 0 Å². The first kappa shape index (κ1) is 11.4. The standard InChI is InChI=1S/C10H6ClN3S2/c1-6-5-15-10(14-6)16-9-8(11)7(4-12)2-3-13-9/h2-3,5H,1H3. The number of hydrogen-bond acceptors (Lipinski definition) is 5. The van der Waals surface area contributed by atoms with Gasteiger partial charge in [-0.1, -0.05) is 11.6 Å². The van der Waals surface area contributed by atoms with E-state index in [1.807, 2.05) is 18.4 Å². The molecule has 0 amide bonds. The van der Waals surface area contributed by atoms with E-state index in [1.165, 1.54) is 23.1 Å². The van der Waals surface area contributed by atoms with Crippen molar-refractivity contribution in [1.29, 1.82) is 5.26 Å². The van der Waals surface area contributed by atoms with Gasteiger partial charge in [-0.15, -0.1) is 11.3 Å². The van der Waals surface area contributed by atoms with E-state index in [0.717, 1.165) is 10.0 Å². The van der Waals surface area contributed by atoms with Crippen LogP contribution in [0.3, 0.4) is 0 Å². The van der Waals surface area contributed by atoms with Crippen LogP contribution in [-0.2, 0) is 0 Å². The molecule has 0 aliphatic heterocycles. The summed E-state index contributed by atoms with van der Waals surface area (Å²) in [5.41, 5.74) is 1.41. The number of aromatic nitrogens is 2. The average molecular weight is 268 g/mol. The highest BCUT2D eigenvalue weighted by Gasteiger charge is 2.10. The Morgan fingerprint density at radius 2 is 2.38 bits per heavy atom. The van der Waals surface area contributed by atoms with Gasteiger partial charge in [0.05, 0.1) is 10.6 Å². The number of aryl methyl sites for hydroxylation is 1. The van der Waals surface area contributed by atoms with Crippen LogP contribution in [0.1, 0.15) is 11.3 Å². The second-order valence-corrected chi connectivity index (χ2v) is 5.42. The summed E-state index contributed by atoms with van der Waals surface area (Å²) in [4.78, 5) is 8.44. The molecule has 0 atom stereocenters. The highest BCUT2D eigenvalue weighted by Crippen LogP contribution is 2.34. The van der Waals surface area contributed by atoms with E-state index < -0.39 is 0 Å². The summed E-state index contributed by atoms with van der Waals surface area (Å²) in [5, 5.41) is 11.8. The molecule has 0 spiro atoms. The predicted octanol–water partition coefficient (Wildman–Crippen LogP) is 3.52. The molecule has 0 N–H and O–H groups in total. The maximum absolute atomic E-state index is 8.83. The van der Waals surface area contributed by atoms with Crippen molar-refractivity contribution in [3.05, 3.63) is 33.9 Å². The second-order valence-electron chi connectivity index (χ2n) is 2.95. The van der Waals surface area contributed by atoms with Crippen molar-refractivity contribution in [2.75, 3.05) is 0 Å². The molecule has 0 aliphatic rings. The van der Waals surface area contributed by atoms with Gasteiger partial charge in [-0.2, -0.15) is 5.26 Å². The maximum Gasteiger partial charge on any atom is 0.156 e. The number of nitriles is 1. The quantitative estimate of drug-likeness (QED) is 0.835. The van der Waals surface area contributed by atoms with Crippen LogP contribution in [-0.4, -0.2) is 9.97 Å². The van der Waals surface area contributed by atoms with E-state index in [-0.39, 0.29) is 0 Å². The third-order valence-corrected chi connectivity index (χ3v) is 4.31. The molecular weight excluding hydrogens is 262 g/mol. The van der Waals surface area contributed by atoms with Gasteiger partial charge < -0.3 is 0 Å². The molecule has 0 unspecified atom stereocenters. The summed E-state index contributed by atoms with van der Waals surface area (Å²) in [7, 11) is 0. The van der Waals surface area contributed by atoms with E-state index in [2.05, 4.69) is 9.97 Å². The summed E-state index contributed by atoms with van der Waals surface area (Å²) in [6.07, 6.45) is 1.58. The number of rotatable bonds is 2. The van der Waals surface area contributed by atoms with Crippen molar-refractivity contribution < 1.29 is 0 Å². The minimum absolute atomic E-state index is 0.392. The number of pyridine rings is 1. The number of thiazole rings is 1. The summed E-state index contributed by atoms with van der Waals surface area (Å²) >= 11 is 8.95. The minimum Gasteiger partial charge on any atom is -0.248 e. The zero-order valence-electron chi connectivity index (χ0n) is 8.27. The van der Waals surface area contributed by atoms with Crippen LogP contribution in [0.25, 0.3) is 0 Å². The lowest BCUT2D eigenvalue weighted by molar-refractivity contribution is 1.11. The lowest BCUT2D eigenvalue weighted by atomic mass is 10.3. The fourth-order valence-electron chi connectivity index (χ4n) is 1.04. The highest BCUT2D eigenvalue weighted by molar-refractivity contribution is 8.01. The van der Waals surface area contributed by atoms with E-state index in [4.69, 9.17) is 16.9 Å². The molecule has 0 saturated carbocycles. The molecule has 0 saturated heterocycles. The summed E-state index contributed by atoms with van der Waals surface area (Å²) in [6, 6.07) is 3.62. The first-order valence-electron chi connectivity index (χ1n) is 4.35.